The Hall–Kier alpha value is -1.36. The van der Waals surface area contributed by atoms with Crippen LogP contribution in [0.2, 0.25) is 10.0 Å². The van der Waals surface area contributed by atoms with Gasteiger partial charge in [-0.25, -0.2) is 9.97 Å². The van der Waals surface area contributed by atoms with Crippen LogP contribution in [-0.2, 0) is 6.54 Å². The third-order valence-corrected chi connectivity index (χ3v) is 3.80. The Labute approximate surface area is 134 Å². The molecule has 0 atom stereocenters. The number of anilines is 1. The molecule has 0 unspecified atom stereocenters. The minimum absolute atomic E-state index is 0.141. The number of aryl methyl sites for hydroxylation is 1. The maximum atomic E-state index is 9.07. The molecule has 1 aromatic carbocycles. The third kappa shape index (κ3) is 4.56. The van der Waals surface area contributed by atoms with Gasteiger partial charge in [0.2, 0.25) is 0 Å². The molecule has 0 saturated carbocycles. The molecule has 112 valence electrons. The van der Waals surface area contributed by atoms with E-state index in [0.29, 0.717) is 29.6 Å². The zero-order chi connectivity index (χ0) is 15.2. The van der Waals surface area contributed by atoms with Gasteiger partial charge in [0.25, 0.3) is 0 Å². The normalized spacial score (nSPS) is 10.7. The van der Waals surface area contributed by atoms with Crippen LogP contribution in [0.3, 0.4) is 0 Å². The summed E-state index contributed by atoms with van der Waals surface area (Å²) >= 11 is 12.0. The number of aliphatic hydroxyl groups excluding tert-OH is 1. The van der Waals surface area contributed by atoms with Gasteiger partial charge in [-0.2, -0.15) is 0 Å². The molecule has 0 amide bonds. The lowest BCUT2D eigenvalue weighted by molar-refractivity contribution is 0.289. The van der Waals surface area contributed by atoms with Crippen LogP contribution in [0.5, 0.6) is 0 Å². The summed E-state index contributed by atoms with van der Waals surface area (Å²) in [7, 11) is 0. The Bertz CT molecular complexity index is 607. The number of hydrogen-bond acceptors (Lipinski definition) is 4. The largest absolute Gasteiger partial charge is 0.396 e. The molecule has 6 heteroatoms. The van der Waals surface area contributed by atoms with E-state index >= 15 is 0 Å². The van der Waals surface area contributed by atoms with Crippen LogP contribution in [0.4, 0.5) is 5.82 Å². The van der Waals surface area contributed by atoms with Gasteiger partial charge in [-0.1, -0.05) is 29.3 Å². The fourth-order valence-corrected chi connectivity index (χ4v) is 2.33. The van der Waals surface area contributed by atoms with Crippen LogP contribution < -0.4 is 4.90 Å². The van der Waals surface area contributed by atoms with Crippen molar-refractivity contribution in [2.24, 2.45) is 0 Å². The summed E-state index contributed by atoms with van der Waals surface area (Å²) in [6.07, 6.45) is 2.22. The van der Waals surface area contributed by atoms with Gasteiger partial charge in [-0.3, -0.25) is 0 Å². The van der Waals surface area contributed by atoms with E-state index in [1.165, 1.54) is 0 Å². The quantitative estimate of drug-likeness (QED) is 0.883. The molecular formula is C15H17Cl2N3O. The van der Waals surface area contributed by atoms with Crippen LogP contribution in [0, 0.1) is 6.92 Å². The van der Waals surface area contributed by atoms with E-state index < -0.39 is 0 Å². The lowest BCUT2D eigenvalue weighted by Gasteiger charge is -2.23. The van der Waals surface area contributed by atoms with E-state index in [2.05, 4.69) is 14.9 Å². The van der Waals surface area contributed by atoms with E-state index in [0.717, 1.165) is 17.1 Å². The summed E-state index contributed by atoms with van der Waals surface area (Å²) in [5.74, 6) is 0.835. The smallest absolute Gasteiger partial charge is 0.132 e. The maximum absolute atomic E-state index is 9.07. The highest BCUT2D eigenvalue weighted by Crippen LogP contribution is 2.24. The van der Waals surface area contributed by atoms with Crippen LogP contribution in [0.25, 0.3) is 0 Å². The fraction of sp³-hybridized carbons (Fsp3) is 0.333. The number of benzene rings is 1. The van der Waals surface area contributed by atoms with Gasteiger partial charge >= 0.3 is 0 Å². The first kappa shape index (κ1) is 16.0. The predicted molar refractivity (Wildman–Crippen MR) is 86.0 cm³/mol. The number of hydrogen-bond donors (Lipinski definition) is 1. The summed E-state index contributed by atoms with van der Waals surface area (Å²) in [6, 6.07) is 7.50. The van der Waals surface area contributed by atoms with E-state index in [9.17, 15) is 0 Å². The third-order valence-electron chi connectivity index (χ3n) is 3.06. The van der Waals surface area contributed by atoms with Crippen LogP contribution in [0.15, 0.2) is 30.6 Å². The van der Waals surface area contributed by atoms with Gasteiger partial charge in [0.1, 0.15) is 12.1 Å². The Morgan fingerprint density at radius 2 is 1.95 bits per heavy atom. The Morgan fingerprint density at radius 1 is 1.14 bits per heavy atom. The number of rotatable bonds is 6. The number of nitrogens with zero attached hydrogens (tertiary/aromatic N) is 3. The molecule has 2 rings (SSSR count). The first-order valence-electron chi connectivity index (χ1n) is 6.68. The monoisotopic (exact) mass is 325 g/mol. The van der Waals surface area contributed by atoms with Crippen LogP contribution >= 0.6 is 23.2 Å². The predicted octanol–water partition coefficient (Wildman–Crippen LogP) is 3.48. The Kier molecular flexibility index (Phi) is 5.79. The lowest BCUT2D eigenvalue weighted by Crippen LogP contribution is -2.25. The van der Waals surface area contributed by atoms with E-state index in [4.69, 9.17) is 28.3 Å². The van der Waals surface area contributed by atoms with Gasteiger partial charge in [0.05, 0.1) is 10.0 Å². The standard InChI is InChI=1S/C15H17Cl2N3O/c1-11-7-15(19-10-18-11)20(5-2-6-21)9-12-3-4-13(16)14(17)8-12/h3-4,7-8,10,21H,2,5-6,9H2,1H3. The summed E-state index contributed by atoms with van der Waals surface area (Å²) in [5.41, 5.74) is 1.95. The molecule has 0 saturated heterocycles. The molecule has 21 heavy (non-hydrogen) atoms. The lowest BCUT2D eigenvalue weighted by atomic mass is 10.2. The molecule has 0 spiro atoms. The second kappa shape index (κ2) is 7.59. The van der Waals surface area contributed by atoms with Crippen molar-refractivity contribution in [3.05, 3.63) is 51.9 Å². The topological polar surface area (TPSA) is 49.2 Å². The molecule has 4 nitrogen and oxygen atoms in total. The van der Waals surface area contributed by atoms with E-state index in [1.54, 1.807) is 12.4 Å². The molecule has 2 aromatic rings. The average molecular weight is 326 g/mol. The second-order valence-corrected chi connectivity index (χ2v) is 5.58. The molecule has 1 heterocycles. The average Bonchev–Trinajstić information content (AvgIpc) is 2.47. The van der Waals surface area contributed by atoms with Crippen LogP contribution in [-0.4, -0.2) is 28.2 Å². The van der Waals surface area contributed by atoms with E-state index in [1.807, 2.05) is 25.1 Å². The number of aliphatic hydroxyl groups is 1. The second-order valence-electron chi connectivity index (χ2n) is 4.76. The molecule has 0 bridgehead atoms. The molecule has 0 aliphatic heterocycles. The van der Waals surface area contributed by atoms with Crippen molar-refractivity contribution >= 4 is 29.0 Å². The molecule has 0 aliphatic rings. The minimum Gasteiger partial charge on any atom is -0.396 e. The highest BCUT2D eigenvalue weighted by atomic mass is 35.5. The minimum atomic E-state index is 0.141. The molecule has 0 fully saturated rings. The molecule has 1 N–H and O–H groups in total. The Morgan fingerprint density at radius 3 is 2.62 bits per heavy atom. The van der Waals surface area contributed by atoms with Crippen molar-refractivity contribution in [3.8, 4) is 0 Å². The Balaban J connectivity index is 2.21. The zero-order valence-corrected chi connectivity index (χ0v) is 13.3. The van der Waals surface area contributed by atoms with Crippen LogP contribution in [0.1, 0.15) is 17.7 Å². The van der Waals surface area contributed by atoms with E-state index in [-0.39, 0.29) is 6.61 Å². The fourth-order valence-electron chi connectivity index (χ4n) is 2.01. The first-order valence-corrected chi connectivity index (χ1v) is 7.44. The summed E-state index contributed by atoms with van der Waals surface area (Å²) < 4.78 is 0. The molecule has 1 aromatic heterocycles. The van der Waals surface area contributed by atoms with Crippen molar-refractivity contribution in [2.75, 3.05) is 18.1 Å². The van der Waals surface area contributed by atoms with Crippen molar-refractivity contribution in [3.63, 3.8) is 0 Å². The highest BCUT2D eigenvalue weighted by molar-refractivity contribution is 6.42. The molecular weight excluding hydrogens is 309 g/mol. The highest BCUT2D eigenvalue weighted by Gasteiger charge is 2.10. The van der Waals surface area contributed by atoms with Crippen molar-refractivity contribution in [1.29, 1.82) is 0 Å². The van der Waals surface area contributed by atoms with Gasteiger partial charge < -0.3 is 10.0 Å². The van der Waals surface area contributed by atoms with Gasteiger partial charge in [0.15, 0.2) is 0 Å². The molecule has 0 aliphatic carbocycles. The summed E-state index contributed by atoms with van der Waals surface area (Å²) in [6.45, 7) is 3.41. The first-order chi connectivity index (χ1) is 10.1. The van der Waals surface area contributed by atoms with Gasteiger partial charge in [-0.15, -0.1) is 0 Å². The van der Waals surface area contributed by atoms with Crippen molar-refractivity contribution in [1.82, 2.24) is 9.97 Å². The number of aromatic nitrogens is 2. The summed E-state index contributed by atoms with van der Waals surface area (Å²) in [5, 5.41) is 10.1. The van der Waals surface area contributed by atoms with Crippen molar-refractivity contribution < 1.29 is 5.11 Å². The number of halogens is 2. The summed E-state index contributed by atoms with van der Waals surface area (Å²) in [4.78, 5) is 10.5. The van der Waals surface area contributed by atoms with Gasteiger partial charge in [-0.05, 0) is 31.0 Å². The molecule has 0 radical (unpaired) electrons. The SMILES string of the molecule is Cc1cc(N(CCCO)Cc2ccc(Cl)c(Cl)c2)ncn1. The maximum Gasteiger partial charge on any atom is 0.132 e. The zero-order valence-electron chi connectivity index (χ0n) is 11.8. The van der Waals surface area contributed by atoms with Crippen molar-refractivity contribution in [2.45, 2.75) is 19.9 Å². The van der Waals surface area contributed by atoms with Gasteiger partial charge in [0, 0.05) is 31.5 Å².